The smallest absolute Gasteiger partial charge is 1.00 e. The van der Waals surface area contributed by atoms with Crippen LogP contribution in [0.1, 0.15) is 1.43 Å². The molecule has 0 atom stereocenters. The van der Waals surface area contributed by atoms with Crippen molar-refractivity contribution in [3.63, 3.8) is 0 Å². The fraction of sp³-hybridized carbons (Fsp3) is 0. The van der Waals surface area contributed by atoms with E-state index in [1.807, 2.05) is 0 Å². The maximum atomic E-state index is 8.74. The standard InChI is InChI=1S/Na.Ni.H2O4S.4H2O.H/c;;1-5(2,3)4;;;;;/h;;(H2,1,2,3,4);4*1H2;/q+1;;;;;;;-1. The molecule has 10 N–H and O–H groups in total. The summed E-state index contributed by atoms with van der Waals surface area (Å²) in [5, 5.41) is 0. The summed E-state index contributed by atoms with van der Waals surface area (Å²) in [5.74, 6) is 0. The molecule has 0 unspecified atom stereocenters. The molecule has 11 heteroatoms. The summed E-state index contributed by atoms with van der Waals surface area (Å²) < 4.78 is 31.6. The third-order valence-electron chi connectivity index (χ3n) is 0. The first kappa shape index (κ1) is 56.6. The zero-order valence-corrected chi connectivity index (χ0v) is 9.24. The van der Waals surface area contributed by atoms with Crippen LogP contribution in [-0.2, 0) is 26.9 Å². The Hall–Kier alpha value is 1.20. The third-order valence-corrected chi connectivity index (χ3v) is 0. The Morgan fingerprint density at radius 1 is 0.909 bits per heavy atom. The number of hydrogen-bond donors (Lipinski definition) is 2. The Kier molecular flexibility index (Phi) is 116. The zero-order valence-electron chi connectivity index (χ0n) is 6.44. The Labute approximate surface area is 96.9 Å². The Balaban J connectivity index is -0.00000000381. The molecule has 0 aromatic heterocycles. The fourth-order valence-electron chi connectivity index (χ4n) is 0. The van der Waals surface area contributed by atoms with Crippen LogP contribution in [0.25, 0.3) is 0 Å². The van der Waals surface area contributed by atoms with Crippen molar-refractivity contribution in [1.29, 1.82) is 0 Å². The van der Waals surface area contributed by atoms with Crippen LogP contribution in [-0.4, -0.2) is 39.4 Å². The van der Waals surface area contributed by atoms with Gasteiger partial charge >= 0.3 is 40.0 Å². The Bertz CT molecular complexity index is 102. The second-order valence-corrected chi connectivity index (χ2v) is 1.34. The van der Waals surface area contributed by atoms with E-state index in [2.05, 4.69) is 0 Å². The van der Waals surface area contributed by atoms with E-state index in [-0.39, 0.29) is 69.4 Å². The third kappa shape index (κ3) is 655. The molecule has 0 heterocycles. The van der Waals surface area contributed by atoms with Crippen molar-refractivity contribution in [2.75, 3.05) is 0 Å². The maximum absolute atomic E-state index is 8.74. The number of rotatable bonds is 0. The second-order valence-electron chi connectivity index (χ2n) is 0.448. The fourth-order valence-corrected chi connectivity index (χ4v) is 0. The Morgan fingerprint density at radius 2 is 0.909 bits per heavy atom. The first-order valence-corrected chi connectivity index (χ1v) is 2.10. The van der Waals surface area contributed by atoms with Crippen molar-refractivity contribution < 1.29 is 86.9 Å². The van der Waals surface area contributed by atoms with Crippen LogP contribution in [0.15, 0.2) is 0 Å². The molecule has 76 valence electrons. The molecule has 0 aliphatic carbocycles. The van der Waals surface area contributed by atoms with E-state index in [4.69, 9.17) is 17.5 Å². The molecule has 0 saturated carbocycles. The van der Waals surface area contributed by atoms with E-state index >= 15 is 0 Å². The monoisotopic (exact) mass is 252 g/mol. The normalized spacial score (nSPS) is 5.27. The van der Waals surface area contributed by atoms with Gasteiger partial charge in [0.1, 0.15) is 0 Å². The van der Waals surface area contributed by atoms with Crippen molar-refractivity contribution in [2.45, 2.75) is 0 Å². The van der Waals surface area contributed by atoms with Gasteiger partial charge in [-0.2, -0.15) is 8.42 Å². The molecule has 0 amide bonds. The van der Waals surface area contributed by atoms with Gasteiger partial charge in [0, 0.05) is 16.5 Å². The minimum atomic E-state index is -4.67. The van der Waals surface area contributed by atoms with Gasteiger partial charge < -0.3 is 23.3 Å². The van der Waals surface area contributed by atoms with E-state index in [0.717, 1.165) is 0 Å². The van der Waals surface area contributed by atoms with Gasteiger partial charge in [0.05, 0.1) is 0 Å². The van der Waals surface area contributed by atoms with Crippen LogP contribution < -0.4 is 29.6 Å². The number of hydrogen-bond acceptors (Lipinski definition) is 2. The van der Waals surface area contributed by atoms with Gasteiger partial charge in [-0.05, 0) is 0 Å². The SMILES string of the molecule is O.O.O.O.O=S(=O)(O)O.[H-].[Na+].[Ni]. The summed E-state index contributed by atoms with van der Waals surface area (Å²) in [4.78, 5) is 0. The molecule has 0 fully saturated rings. The van der Waals surface area contributed by atoms with Gasteiger partial charge in [0.2, 0.25) is 0 Å². The molecule has 0 spiro atoms. The van der Waals surface area contributed by atoms with Crippen LogP contribution in [0.3, 0.4) is 0 Å². The van der Waals surface area contributed by atoms with Crippen molar-refractivity contribution in [3.05, 3.63) is 0 Å². The molecule has 0 rings (SSSR count). The van der Waals surface area contributed by atoms with E-state index in [1.165, 1.54) is 0 Å². The minimum Gasteiger partial charge on any atom is -1.00 e. The molecule has 0 radical (unpaired) electrons. The first-order valence-electron chi connectivity index (χ1n) is 0.698. The first-order chi connectivity index (χ1) is 2.00. The van der Waals surface area contributed by atoms with Crippen LogP contribution in [0.2, 0.25) is 0 Å². The summed E-state index contributed by atoms with van der Waals surface area (Å²) in [6.45, 7) is 0. The maximum Gasteiger partial charge on any atom is 1.00 e. The summed E-state index contributed by atoms with van der Waals surface area (Å²) in [6.07, 6.45) is 0. The van der Waals surface area contributed by atoms with Crippen LogP contribution in [0, 0.1) is 0 Å². The van der Waals surface area contributed by atoms with Crippen LogP contribution in [0.4, 0.5) is 0 Å². The predicted molar refractivity (Wildman–Crippen MR) is 29.7 cm³/mol. The molecule has 0 aliphatic heterocycles. The average molecular weight is 253 g/mol. The molecule has 0 bridgehead atoms. The summed E-state index contributed by atoms with van der Waals surface area (Å²) in [5.41, 5.74) is 0. The van der Waals surface area contributed by atoms with E-state index < -0.39 is 10.4 Å². The van der Waals surface area contributed by atoms with Crippen LogP contribution in [0.5, 0.6) is 0 Å². The largest absolute Gasteiger partial charge is 1.00 e. The van der Waals surface area contributed by atoms with Gasteiger partial charge in [-0.1, -0.05) is 0 Å². The van der Waals surface area contributed by atoms with Crippen molar-refractivity contribution in [1.82, 2.24) is 0 Å². The molecule has 8 nitrogen and oxygen atoms in total. The van der Waals surface area contributed by atoms with E-state index in [9.17, 15) is 0 Å². The molecular weight excluding hydrogens is 242 g/mol. The van der Waals surface area contributed by atoms with Gasteiger partial charge in [0.15, 0.2) is 0 Å². The Morgan fingerprint density at radius 3 is 0.909 bits per heavy atom. The summed E-state index contributed by atoms with van der Waals surface area (Å²) in [7, 11) is -4.67. The minimum absolute atomic E-state index is 0. The molecular formula is H11NaNiO8S. The second kappa shape index (κ2) is 22.5. The summed E-state index contributed by atoms with van der Waals surface area (Å²) >= 11 is 0. The molecule has 0 saturated heterocycles. The van der Waals surface area contributed by atoms with Gasteiger partial charge in [0.25, 0.3) is 0 Å². The van der Waals surface area contributed by atoms with Crippen molar-refractivity contribution in [2.24, 2.45) is 0 Å². The van der Waals surface area contributed by atoms with Crippen molar-refractivity contribution in [3.8, 4) is 0 Å². The van der Waals surface area contributed by atoms with Crippen LogP contribution >= 0.6 is 0 Å². The van der Waals surface area contributed by atoms with Crippen molar-refractivity contribution >= 4 is 10.4 Å². The quantitative estimate of drug-likeness (QED) is 0.319. The average Bonchev–Trinajstić information content (AvgIpc) is 0.722. The van der Waals surface area contributed by atoms with Gasteiger partial charge in [-0.25, -0.2) is 0 Å². The predicted octanol–water partition coefficient (Wildman–Crippen LogP) is -6.84. The summed E-state index contributed by atoms with van der Waals surface area (Å²) in [6, 6.07) is 0. The topological polar surface area (TPSA) is 201 Å². The molecule has 0 aromatic rings. The van der Waals surface area contributed by atoms with Gasteiger partial charge in [-0.3, -0.25) is 9.11 Å². The van der Waals surface area contributed by atoms with E-state index in [1.54, 1.807) is 0 Å². The van der Waals surface area contributed by atoms with Gasteiger partial charge in [-0.15, -0.1) is 0 Å². The zero-order chi connectivity index (χ0) is 4.50. The van der Waals surface area contributed by atoms with E-state index in [0.29, 0.717) is 0 Å². The molecule has 0 aromatic carbocycles. The molecule has 0 aliphatic rings. The molecule has 11 heavy (non-hydrogen) atoms.